The lowest BCUT2D eigenvalue weighted by molar-refractivity contribution is 0.740. The van der Waals surface area contributed by atoms with Crippen molar-refractivity contribution in [2.45, 2.75) is 38.6 Å². The minimum atomic E-state index is 0.544. The van der Waals surface area contributed by atoms with Crippen LogP contribution in [0.25, 0.3) is 5.69 Å². The maximum Gasteiger partial charge on any atom is 0.208 e. The van der Waals surface area contributed by atoms with Crippen molar-refractivity contribution < 1.29 is 0 Å². The molecule has 19 heavy (non-hydrogen) atoms. The molecule has 1 aromatic heterocycles. The number of imidazole rings is 1. The molecule has 0 atom stereocenters. The van der Waals surface area contributed by atoms with Crippen LogP contribution in [0.4, 0.5) is 5.95 Å². The molecule has 0 aliphatic heterocycles. The molecule has 0 spiro atoms. The van der Waals surface area contributed by atoms with Crippen LogP contribution in [0.15, 0.2) is 30.5 Å². The lowest BCUT2D eigenvalue weighted by atomic mass is 10.2. The van der Waals surface area contributed by atoms with Crippen LogP contribution in [0.2, 0.25) is 5.02 Å². The van der Waals surface area contributed by atoms with Crippen LogP contribution < -0.4 is 5.32 Å². The second-order valence-corrected chi connectivity index (χ2v) is 5.56. The second-order valence-electron chi connectivity index (χ2n) is 5.15. The van der Waals surface area contributed by atoms with E-state index in [1.54, 1.807) is 0 Å². The van der Waals surface area contributed by atoms with Gasteiger partial charge in [0.05, 0.1) is 16.4 Å². The highest BCUT2D eigenvalue weighted by molar-refractivity contribution is 6.32. The summed E-state index contributed by atoms with van der Waals surface area (Å²) in [5, 5.41) is 4.29. The Balaban J connectivity index is 1.94. The van der Waals surface area contributed by atoms with Gasteiger partial charge in [-0.15, -0.1) is 0 Å². The predicted molar refractivity (Wildman–Crippen MR) is 79.2 cm³/mol. The highest BCUT2D eigenvalue weighted by Crippen LogP contribution is 2.27. The van der Waals surface area contributed by atoms with Gasteiger partial charge in [0.1, 0.15) is 0 Å². The van der Waals surface area contributed by atoms with Crippen molar-refractivity contribution in [1.29, 1.82) is 0 Å². The van der Waals surface area contributed by atoms with E-state index >= 15 is 0 Å². The Morgan fingerprint density at radius 2 is 2.00 bits per heavy atom. The highest BCUT2D eigenvalue weighted by Gasteiger charge is 2.18. The fourth-order valence-corrected chi connectivity index (χ4v) is 2.91. The van der Waals surface area contributed by atoms with Crippen LogP contribution in [0.5, 0.6) is 0 Å². The molecular formula is C15H18ClN3. The van der Waals surface area contributed by atoms with E-state index in [2.05, 4.69) is 14.9 Å². The molecule has 1 N–H and O–H groups in total. The Hall–Kier alpha value is -1.48. The van der Waals surface area contributed by atoms with Crippen LogP contribution in [0.1, 0.15) is 31.4 Å². The Bertz CT molecular complexity index is 571. The molecule has 1 aliphatic rings. The number of hydrogen-bond donors (Lipinski definition) is 1. The lowest BCUT2D eigenvalue weighted by Crippen LogP contribution is -2.17. The first-order valence-electron chi connectivity index (χ1n) is 6.81. The van der Waals surface area contributed by atoms with Crippen LogP contribution in [0, 0.1) is 6.92 Å². The van der Waals surface area contributed by atoms with E-state index in [1.165, 1.54) is 25.7 Å². The Morgan fingerprint density at radius 3 is 2.74 bits per heavy atom. The summed E-state index contributed by atoms with van der Waals surface area (Å²) in [7, 11) is 0. The molecule has 1 heterocycles. The number of rotatable bonds is 3. The molecule has 0 unspecified atom stereocenters. The summed E-state index contributed by atoms with van der Waals surface area (Å²) in [6, 6.07) is 8.41. The van der Waals surface area contributed by atoms with Crippen LogP contribution in [0.3, 0.4) is 0 Å². The van der Waals surface area contributed by atoms with Crippen LogP contribution in [-0.2, 0) is 0 Å². The summed E-state index contributed by atoms with van der Waals surface area (Å²) in [6.07, 6.45) is 7.11. The molecule has 3 rings (SSSR count). The topological polar surface area (TPSA) is 29.9 Å². The van der Waals surface area contributed by atoms with E-state index < -0.39 is 0 Å². The molecule has 3 nitrogen and oxygen atoms in total. The fraction of sp³-hybridized carbons (Fsp3) is 0.400. The largest absolute Gasteiger partial charge is 0.353 e. The molecule has 0 bridgehead atoms. The number of para-hydroxylation sites is 1. The van der Waals surface area contributed by atoms with Gasteiger partial charge in [-0.3, -0.25) is 4.57 Å². The lowest BCUT2D eigenvalue weighted by Gasteiger charge is -2.15. The monoisotopic (exact) mass is 275 g/mol. The third-order valence-electron chi connectivity index (χ3n) is 3.63. The standard InChI is InChI=1S/C15H18ClN3/c1-11-10-19(14-9-5-4-8-13(14)16)15(17-11)18-12-6-2-3-7-12/h4-5,8-10,12H,2-3,6-7H2,1H3,(H,17,18). The van der Waals surface area contributed by atoms with Crippen molar-refractivity contribution in [1.82, 2.24) is 9.55 Å². The normalized spacial score (nSPS) is 15.9. The van der Waals surface area contributed by atoms with Gasteiger partial charge in [0.2, 0.25) is 5.95 Å². The third-order valence-corrected chi connectivity index (χ3v) is 3.95. The quantitative estimate of drug-likeness (QED) is 0.910. The molecule has 2 aromatic rings. The minimum absolute atomic E-state index is 0.544. The van der Waals surface area contributed by atoms with Gasteiger partial charge in [0.25, 0.3) is 0 Å². The van der Waals surface area contributed by atoms with Gasteiger partial charge in [0.15, 0.2) is 0 Å². The maximum absolute atomic E-state index is 6.28. The summed E-state index contributed by atoms with van der Waals surface area (Å²) >= 11 is 6.28. The summed E-state index contributed by atoms with van der Waals surface area (Å²) in [5.74, 6) is 0.900. The number of nitrogens with zero attached hydrogens (tertiary/aromatic N) is 2. The van der Waals surface area contributed by atoms with Crippen molar-refractivity contribution in [3.63, 3.8) is 0 Å². The van der Waals surface area contributed by atoms with E-state index in [1.807, 2.05) is 37.4 Å². The summed E-state index contributed by atoms with van der Waals surface area (Å²) in [6.45, 7) is 2.01. The second kappa shape index (κ2) is 5.25. The zero-order valence-corrected chi connectivity index (χ0v) is 11.8. The Morgan fingerprint density at radius 1 is 1.26 bits per heavy atom. The molecule has 0 radical (unpaired) electrons. The molecule has 0 saturated heterocycles. The number of anilines is 1. The fourth-order valence-electron chi connectivity index (χ4n) is 2.68. The highest BCUT2D eigenvalue weighted by atomic mass is 35.5. The van der Waals surface area contributed by atoms with Gasteiger partial charge in [-0.05, 0) is 31.9 Å². The van der Waals surface area contributed by atoms with Gasteiger partial charge in [-0.25, -0.2) is 4.98 Å². The average Bonchev–Trinajstić information content (AvgIpc) is 3.01. The first-order chi connectivity index (χ1) is 9.24. The SMILES string of the molecule is Cc1cn(-c2ccccc2Cl)c(NC2CCCC2)n1. The molecule has 1 aromatic carbocycles. The number of halogens is 1. The first kappa shape index (κ1) is 12.5. The van der Waals surface area contributed by atoms with Gasteiger partial charge in [-0.2, -0.15) is 0 Å². The molecule has 4 heteroatoms. The number of aromatic nitrogens is 2. The van der Waals surface area contributed by atoms with E-state index in [0.29, 0.717) is 6.04 Å². The van der Waals surface area contributed by atoms with Crippen molar-refractivity contribution >= 4 is 17.5 Å². The van der Waals surface area contributed by atoms with Gasteiger partial charge in [-0.1, -0.05) is 36.6 Å². The van der Waals surface area contributed by atoms with Gasteiger partial charge in [0, 0.05) is 12.2 Å². The predicted octanol–water partition coefficient (Wildman–Crippen LogP) is 4.19. The van der Waals surface area contributed by atoms with E-state index in [-0.39, 0.29) is 0 Å². The molecule has 1 fully saturated rings. The molecule has 0 amide bonds. The average molecular weight is 276 g/mol. The Kier molecular flexibility index (Phi) is 3.47. The van der Waals surface area contributed by atoms with E-state index in [0.717, 1.165) is 22.4 Å². The number of hydrogen-bond acceptors (Lipinski definition) is 2. The Labute approximate surface area is 118 Å². The van der Waals surface area contributed by atoms with Crippen LogP contribution >= 0.6 is 11.6 Å². The zero-order chi connectivity index (χ0) is 13.2. The van der Waals surface area contributed by atoms with E-state index in [9.17, 15) is 0 Å². The smallest absolute Gasteiger partial charge is 0.208 e. The van der Waals surface area contributed by atoms with Gasteiger partial charge < -0.3 is 5.32 Å². The summed E-state index contributed by atoms with van der Waals surface area (Å²) in [5.41, 5.74) is 1.98. The van der Waals surface area contributed by atoms with Gasteiger partial charge >= 0.3 is 0 Å². The molecular weight excluding hydrogens is 258 g/mol. The van der Waals surface area contributed by atoms with E-state index in [4.69, 9.17) is 11.6 Å². The van der Waals surface area contributed by atoms with Crippen molar-refractivity contribution in [2.24, 2.45) is 0 Å². The number of benzene rings is 1. The maximum atomic E-state index is 6.28. The number of nitrogens with one attached hydrogen (secondary N) is 1. The van der Waals surface area contributed by atoms with Crippen molar-refractivity contribution in [3.8, 4) is 5.69 Å². The molecule has 1 aliphatic carbocycles. The van der Waals surface area contributed by atoms with Crippen LogP contribution in [-0.4, -0.2) is 15.6 Å². The zero-order valence-electron chi connectivity index (χ0n) is 11.1. The first-order valence-corrected chi connectivity index (χ1v) is 7.19. The van der Waals surface area contributed by atoms with Crippen molar-refractivity contribution in [2.75, 3.05) is 5.32 Å². The molecule has 1 saturated carbocycles. The minimum Gasteiger partial charge on any atom is -0.353 e. The third kappa shape index (κ3) is 2.61. The van der Waals surface area contributed by atoms with Crippen molar-refractivity contribution in [3.05, 3.63) is 41.2 Å². The molecule has 100 valence electrons. The summed E-state index contributed by atoms with van der Waals surface area (Å²) in [4.78, 5) is 4.58. The number of aryl methyl sites for hydroxylation is 1. The summed E-state index contributed by atoms with van der Waals surface area (Å²) < 4.78 is 2.05.